The lowest BCUT2D eigenvalue weighted by atomic mass is 10.1. The Morgan fingerprint density at radius 2 is 1.93 bits per heavy atom. The number of hydrogen-bond acceptors (Lipinski definition) is 4. The Labute approximate surface area is 165 Å². The van der Waals surface area contributed by atoms with Crippen LogP contribution in [0.15, 0.2) is 36.5 Å². The second-order valence-electron chi connectivity index (χ2n) is 6.73. The highest BCUT2D eigenvalue weighted by Crippen LogP contribution is 2.18. The van der Waals surface area contributed by atoms with Gasteiger partial charge in [0.15, 0.2) is 6.61 Å². The lowest BCUT2D eigenvalue weighted by molar-refractivity contribution is -0.139. The molecule has 0 aliphatic rings. The number of amides is 2. The molecule has 2 aromatic rings. The number of esters is 1. The van der Waals surface area contributed by atoms with Crippen LogP contribution in [-0.4, -0.2) is 46.9 Å². The van der Waals surface area contributed by atoms with Gasteiger partial charge in [-0.1, -0.05) is 19.1 Å². The third kappa shape index (κ3) is 5.45. The van der Waals surface area contributed by atoms with Crippen molar-refractivity contribution in [1.29, 1.82) is 0 Å². The Bertz CT molecular complexity index is 830. The van der Waals surface area contributed by atoms with Crippen LogP contribution in [0.3, 0.4) is 0 Å². The van der Waals surface area contributed by atoms with Crippen molar-refractivity contribution in [2.45, 2.75) is 40.2 Å². The maximum Gasteiger partial charge on any atom is 0.355 e. The normalized spacial score (nSPS) is 11.6. The van der Waals surface area contributed by atoms with Gasteiger partial charge in [-0.05, 0) is 56.5 Å². The largest absolute Gasteiger partial charge is 0.451 e. The van der Waals surface area contributed by atoms with Crippen molar-refractivity contribution in [3.63, 3.8) is 0 Å². The van der Waals surface area contributed by atoms with Gasteiger partial charge >= 0.3 is 5.97 Å². The van der Waals surface area contributed by atoms with E-state index >= 15 is 0 Å². The Kier molecular flexibility index (Phi) is 7.37. The number of carbonyl (C=O) groups is 3. The second-order valence-corrected chi connectivity index (χ2v) is 6.73. The Hall–Kier alpha value is -3.09. The van der Waals surface area contributed by atoms with Crippen LogP contribution in [-0.2, 0) is 14.3 Å². The molecule has 2 N–H and O–H groups in total. The lowest BCUT2D eigenvalue weighted by Gasteiger charge is -2.28. The minimum Gasteiger partial charge on any atom is -0.451 e. The molecule has 1 atom stereocenters. The first kappa shape index (κ1) is 21.2. The number of aromatic nitrogens is 1. The molecule has 150 valence electrons. The zero-order chi connectivity index (χ0) is 20.7. The van der Waals surface area contributed by atoms with Crippen molar-refractivity contribution >= 4 is 23.5 Å². The summed E-state index contributed by atoms with van der Waals surface area (Å²) in [6.07, 6.45) is 2.27. The van der Waals surface area contributed by atoms with Crippen molar-refractivity contribution in [3.05, 3.63) is 53.3 Å². The SMILES string of the molecule is CC[C@@H](C)N(CC(=O)Nc1cccc(C)c1C)C(=O)COC(=O)c1ccc[nH]1. The summed E-state index contributed by atoms with van der Waals surface area (Å²) in [4.78, 5) is 41.2. The zero-order valence-corrected chi connectivity index (χ0v) is 16.7. The molecular formula is C21H27N3O4. The van der Waals surface area contributed by atoms with E-state index in [4.69, 9.17) is 4.74 Å². The van der Waals surface area contributed by atoms with Gasteiger partial charge in [0.25, 0.3) is 5.91 Å². The van der Waals surface area contributed by atoms with E-state index < -0.39 is 18.5 Å². The summed E-state index contributed by atoms with van der Waals surface area (Å²) in [6, 6.07) is 8.74. The number of hydrogen-bond donors (Lipinski definition) is 2. The molecule has 1 heterocycles. The molecule has 7 nitrogen and oxygen atoms in total. The molecule has 0 aliphatic heterocycles. The average molecular weight is 385 g/mol. The van der Waals surface area contributed by atoms with Gasteiger partial charge in [-0.3, -0.25) is 9.59 Å². The molecule has 2 rings (SSSR count). The molecule has 0 aliphatic carbocycles. The number of H-pyrrole nitrogens is 1. The highest BCUT2D eigenvalue weighted by Gasteiger charge is 2.23. The fourth-order valence-corrected chi connectivity index (χ4v) is 2.69. The monoisotopic (exact) mass is 385 g/mol. The first-order valence-corrected chi connectivity index (χ1v) is 9.29. The third-order valence-corrected chi connectivity index (χ3v) is 4.78. The highest BCUT2D eigenvalue weighted by atomic mass is 16.5. The highest BCUT2D eigenvalue weighted by molar-refractivity contribution is 5.96. The van der Waals surface area contributed by atoms with Crippen LogP contribution in [0.5, 0.6) is 0 Å². The van der Waals surface area contributed by atoms with Crippen LogP contribution < -0.4 is 5.32 Å². The number of anilines is 1. The number of carbonyl (C=O) groups excluding carboxylic acids is 3. The quantitative estimate of drug-likeness (QED) is 0.683. The van der Waals surface area contributed by atoms with Gasteiger partial charge in [0.05, 0.1) is 0 Å². The van der Waals surface area contributed by atoms with Crippen molar-refractivity contribution in [2.75, 3.05) is 18.5 Å². The van der Waals surface area contributed by atoms with Crippen LogP contribution in [0.25, 0.3) is 0 Å². The first-order valence-electron chi connectivity index (χ1n) is 9.29. The molecule has 0 saturated heterocycles. The molecule has 0 spiro atoms. The van der Waals surface area contributed by atoms with Crippen LogP contribution >= 0.6 is 0 Å². The van der Waals surface area contributed by atoms with Crippen LogP contribution in [0.2, 0.25) is 0 Å². The van der Waals surface area contributed by atoms with E-state index in [9.17, 15) is 14.4 Å². The third-order valence-electron chi connectivity index (χ3n) is 4.78. The van der Waals surface area contributed by atoms with E-state index in [-0.39, 0.29) is 24.2 Å². The summed E-state index contributed by atoms with van der Waals surface area (Å²) in [5.74, 6) is -1.31. The predicted molar refractivity (Wildman–Crippen MR) is 107 cm³/mol. The molecule has 28 heavy (non-hydrogen) atoms. The number of aryl methyl sites for hydroxylation is 1. The molecule has 2 amide bonds. The predicted octanol–water partition coefficient (Wildman–Crippen LogP) is 3.05. The van der Waals surface area contributed by atoms with Gasteiger partial charge < -0.3 is 19.9 Å². The van der Waals surface area contributed by atoms with Gasteiger partial charge in [0.2, 0.25) is 5.91 Å². The lowest BCUT2D eigenvalue weighted by Crippen LogP contribution is -2.45. The maximum atomic E-state index is 12.6. The number of aromatic amines is 1. The smallest absolute Gasteiger partial charge is 0.355 e. The second kappa shape index (κ2) is 9.73. The van der Waals surface area contributed by atoms with Crippen LogP contribution in [0, 0.1) is 13.8 Å². The van der Waals surface area contributed by atoms with Crippen LogP contribution in [0.4, 0.5) is 5.69 Å². The minimum atomic E-state index is -0.609. The summed E-state index contributed by atoms with van der Waals surface area (Å²) < 4.78 is 5.07. The van der Waals surface area contributed by atoms with Gasteiger partial charge in [-0.15, -0.1) is 0 Å². The number of ether oxygens (including phenoxy) is 1. The molecule has 0 saturated carbocycles. The van der Waals surface area contributed by atoms with E-state index in [0.29, 0.717) is 6.42 Å². The number of rotatable bonds is 8. The van der Waals surface area contributed by atoms with Crippen LogP contribution in [0.1, 0.15) is 41.9 Å². The summed E-state index contributed by atoms with van der Waals surface area (Å²) in [5.41, 5.74) is 3.05. The van der Waals surface area contributed by atoms with E-state index in [2.05, 4.69) is 10.3 Å². The first-order chi connectivity index (χ1) is 13.3. The molecule has 0 fully saturated rings. The fourth-order valence-electron chi connectivity index (χ4n) is 2.69. The standard InChI is InChI=1S/C21H27N3O4/c1-5-15(3)24(20(26)13-28-21(27)18-10-7-11-22-18)12-19(25)23-17-9-6-8-14(2)16(17)4/h6-11,15,22H,5,12-13H2,1-4H3,(H,23,25)/t15-/m1/s1. The Morgan fingerprint density at radius 1 is 1.18 bits per heavy atom. The Balaban J connectivity index is 1.99. The number of benzene rings is 1. The summed E-state index contributed by atoms with van der Waals surface area (Å²) in [6.45, 7) is 7.16. The van der Waals surface area contributed by atoms with Crippen molar-refractivity contribution in [1.82, 2.24) is 9.88 Å². The zero-order valence-electron chi connectivity index (χ0n) is 16.7. The topological polar surface area (TPSA) is 91.5 Å². The van der Waals surface area contributed by atoms with E-state index in [1.54, 1.807) is 18.3 Å². The Morgan fingerprint density at radius 3 is 2.57 bits per heavy atom. The van der Waals surface area contributed by atoms with Gasteiger partial charge in [0, 0.05) is 17.9 Å². The van der Waals surface area contributed by atoms with E-state index in [1.807, 2.05) is 45.9 Å². The molecule has 7 heteroatoms. The molecule has 0 radical (unpaired) electrons. The molecule has 1 aromatic heterocycles. The van der Waals surface area contributed by atoms with Gasteiger partial charge in [-0.25, -0.2) is 4.79 Å². The summed E-state index contributed by atoms with van der Waals surface area (Å²) in [7, 11) is 0. The molecular weight excluding hydrogens is 358 g/mol. The van der Waals surface area contributed by atoms with E-state index in [0.717, 1.165) is 16.8 Å². The van der Waals surface area contributed by atoms with Crippen molar-refractivity contribution < 1.29 is 19.1 Å². The maximum absolute atomic E-state index is 12.6. The number of nitrogens with zero attached hydrogens (tertiary/aromatic N) is 1. The molecule has 0 bridgehead atoms. The fraction of sp³-hybridized carbons (Fsp3) is 0.381. The van der Waals surface area contributed by atoms with Gasteiger partial charge in [-0.2, -0.15) is 0 Å². The van der Waals surface area contributed by atoms with Crippen molar-refractivity contribution in [3.8, 4) is 0 Å². The van der Waals surface area contributed by atoms with Gasteiger partial charge in [0.1, 0.15) is 12.2 Å². The van der Waals surface area contributed by atoms with E-state index in [1.165, 1.54) is 4.90 Å². The minimum absolute atomic E-state index is 0.110. The number of nitrogens with one attached hydrogen (secondary N) is 2. The van der Waals surface area contributed by atoms with Crippen molar-refractivity contribution in [2.24, 2.45) is 0 Å². The summed E-state index contributed by atoms with van der Waals surface area (Å²) in [5, 5.41) is 2.86. The average Bonchev–Trinajstić information content (AvgIpc) is 3.22. The summed E-state index contributed by atoms with van der Waals surface area (Å²) >= 11 is 0. The molecule has 1 aromatic carbocycles. The molecule has 0 unspecified atom stereocenters.